The number of nitrogens with zero attached hydrogens (tertiary/aromatic N) is 1. The van der Waals surface area contributed by atoms with E-state index in [4.69, 9.17) is 11.6 Å². The molecule has 0 aromatic heterocycles. The van der Waals surface area contributed by atoms with Gasteiger partial charge in [-0.2, -0.15) is 0 Å². The molecule has 2 aromatic carbocycles. The second kappa shape index (κ2) is 7.77. The number of benzene rings is 2. The van der Waals surface area contributed by atoms with Gasteiger partial charge in [-0.05, 0) is 35.6 Å². The number of para-hydroxylation sites is 2. The van der Waals surface area contributed by atoms with Crippen molar-refractivity contribution in [3.05, 3.63) is 76.5 Å². The van der Waals surface area contributed by atoms with Crippen molar-refractivity contribution in [2.24, 2.45) is 5.41 Å². The van der Waals surface area contributed by atoms with Crippen LogP contribution in [0.1, 0.15) is 39.2 Å². The van der Waals surface area contributed by atoms with Crippen molar-refractivity contribution in [1.29, 1.82) is 0 Å². The van der Waals surface area contributed by atoms with Crippen LogP contribution in [0, 0.1) is 5.41 Å². The number of carbonyl (C=O) groups is 2. The van der Waals surface area contributed by atoms with Gasteiger partial charge in [-0.25, -0.2) is 0 Å². The highest BCUT2D eigenvalue weighted by molar-refractivity contribution is 6.34. The smallest absolute Gasteiger partial charge is 0.224 e. The van der Waals surface area contributed by atoms with E-state index in [9.17, 15) is 9.59 Å². The van der Waals surface area contributed by atoms with Gasteiger partial charge in [-0.15, -0.1) is 0 Å². The number of anilines is 2. The minimum absolute atomic E-state index is 0.0254. The number of Topliss-reactive ketones (excluding diaryl/α,β-unsaturated/α-hetero) is 1. The van der Waals surface area contributed by atoms with Gasteiger partial charge in [0.2, 0.25) is 5.91 Å². The lowest BCUT2D eigenvalue weighted by Crippen LogP contribution is -2.44. The van der Waals surface area contributed by atoms with Gasteiger partial charge in [-0.3, -0.25) is 14.5 Å². The molecule has 0 bridgehead atoms. The van der Waals surface area contributed by atoms with Gasteiger partial charge in [0.05, 0.1) is 11.4 Å². The van der Waals surface area contributed by atoms with Gasteiger partial charge in [0, 0.05) is 29.6 Å². The lowest BCUT2D eigenvalue weighted by atomic mass is 9.74. The summed E-state index contributed by atoms with van der Waals surface area (Å²) in [6.07, 6.45) is 2.97. The summed E-state index contributed by atoms with van der Waals surface area (Å²) in [5.74, 6) is -0.141. The summed E-state index contributed by atoms with van der Waals surface area (Å²) >= 11 is 6.88. The first-order valence-electron chi connectivity index (χ1n) is 10.1. The molecule has 0 fully saturated rings. The van der Waals surface area contributed by atoms with Crippen molar-refractivity contribution >= 4 is 40.7 Å². The zero-order valence-corrected chi connectivity index (χ0v) is 18.2. The molecule has 0 radical (unpaired) electrons. The van der Waals surface area contributed by atoms with Crippen molar-refractivity contribution in [2.45, 2.75) is 39.7 Å². The molecule has 5 heteroatoms. The molecule has 0 spiro atoms. The van der Waals surface area contributed by atoms with Gasteiger partial charge < -0.3 is 5.32 Å². The molecule has 1 atom stereocenters. The molecule has 1 unspecified atom stereocenters. The molecule has 0 saturated heterocycles. The number of halogens is 1. The van der Waals surface area contributed by atoms with Gasteiger partial charge in [0.15, 0.2) is 5.78 Å². The number of rotatable bonds is 2. The van der Waals surface area contributed by atoms with Crippen molar-refractivity contribution in [2.75, 3.05) is 10.2 Å². The zero-order chi connectivity index (χ0) is 21.5. The van der Waals surface area contributed by atoms with Crippen LogP contribution in [0.4, 0.5) is 11.4 Å². The Hall–Kier alpha value is -2.85. The molecule has 1 heterocycles. The summed E-state index contributed by atoms with van der Waals surface area (Å²) in [4.78, 5) is 27.9. The number of ketones is 1. The lowest BCUT2D eigenvalue weighted by molar-refractivity contribution is -0.118. The zero-order valence-electron chi connectivity index (χ0n) is 17.4. The van der Waals surface area contributed by atoms with Gasteiger partial charge in [0.1, 0.15) is 6.04 Å². The molecule has 0 saturated carbocycles. The largest absolute Gasteiger partial charge is 0.357 e. The Morgan fingerprint density at radius 1 is 1.10 bits per heavy atom. The maximum atomic E-state index is 13.4. The Morgan fingerprint density at radius 3 is 2.47 bits per heavy atom. The summed E-state index contributed by atoms with van der Waals surface area (Å²) in [6.45, 7) is 5.69. The monoisotopic (exact) mass is 420 g/mol. The van der Waals surface area contributed by atoms with Gasteiger partial charge in [0.25, 0.3) is 0 Å². The molecule has 30 heavy (non-hydrogen) atoms. The lowest BCUT2D eigenvalue weighted by Gasteiger charge is -2.36. The Kier molecular flexibility index (Phi) is 5.29. The number of nitrogens with one attached hydrogen (secondary N) is 1. The molecule has 154 valence electrons. The van der Waals surface area contributed by atoms with E-state index in [1.54, 1.807) is 4.90 Å². The number of carbonyl (C=O) groups excluding carboxylic acids is 2. The van der Waals surface area contributed by atoms with E-state index in [2.05, 4.69) is 19.2 Å². The minimum atomic E-state index is -0.667. The van der Waals surface area contributed by atoms with Crippen molar-refractivity contribution in [3.8, 4) is 0 Å². The average molecular weight is 421 g/mol. The Bertz CT molecular complexity index is 1070. The third-order valence-corrected chi connectivity index (χ3v) is 5.92. The highest BCUT2D eigenvalue weighted by Crippen LogP contribution is 2.45. The predicted molar refractivity (Wildman–Crippen MR) is 122 cm³/mol. The first kappa shape index (κ1) is 20.4. The van der Waals surface area contributed by atoms with Crippen LogP contribution >= 0.6 is 11.6 Å². The summed E-state index contributed by atoms with van der Waals surface area (Å²) in [6, 6.07) is 16.7. The first-order valence-corrected chi connectivity index (χ1v) is 10.5. The molecule has 1 amide bonds. The number of fused-ring (bicyclic) bond motifs is 1. The van der Waals surface area contributed by atoms with Crippen LogP contribution in [0.25, 0.3) is 6.08 Å². The first-order chi connectivity index (χ1) is 14.3. The van der Waals surface area contributed by atoms with E-state index in [-0.39, 0.29) is 17.1 Å². The topological polar surface area (TPSA) is 49.4 Å². The van der Waals surface area contributed by atoms with E-state index >= 15 is 0 Å². The molecule has 1 N–H and O–H groups in total. The van der Waals surface area contributed by atoms with Crippen LogP contribution < -0.4 is 10.2 Å². The number of allylic oxidation sites excluding steroid dienone is 1. The van der Waals surface area contributed by atoms with E-state index < -0.39 is 6.04 Å². The Morgan fingerprint density at radius 2 is 1.77 bits per heavy atom. The second-order valence-corrected chi connectivity index (χ2v) is 9.14. The fourth-order valence-electron chi connectivity index (χ4n) is 4.38. The van der Waals surface area contributed by atoms with E-state index in [1.807, 2.05) is 60.7 Å². The number of amides is 1. The molecule has 2 aromatic rings. The highest BCUT2D eigenvalue weighted by atomic mass is 35.5. The fourth-order valence-corrected chi connectivity index (χ4v) is 4.72. The van der Waals surface area contributed by atoms with Crippen LogP contribution in [0.15, 0.2) is 70.9 Å². The average Bonchev–Trinajstić information content (AvgIpc) is 2.82. The van der Waals surface area contributed by atoms with Crippen LogP contribution in [0.5, 0.6) is 0 Å². The number of hydrogen-bond donors (Lipinski definition) is 1. The van der Waals surface area contributed by atoms with E-state index in [0.717, 1.165) is 22.6 Å². The Labute approximate surface area is 182 Å². The molecule has 2 aliphatic rings. The summed E-state index contributed by atoms with van der Waals surface area (Å²) < 4.78 is 0. The third kappa shape index (κ3) is 3.80. The van der Waals surface area contributed by atoms with Crippen molar-refractivity contribution in [3.63, 3.8) is 0 Å². The summed E-state index contributed by atoms with van der Waals surface area (Å²) in [5, 5.41) is 3.90. The normalized spacial score (nSPS) is 20.8. The van der Waals surface area contributed by atoms with Crippen molar-refractivity contribution < 1.29 is 9.59 Å². The molecular formula is C25H25ClN2O2. The third-order valence-electron chi connectivity index (χ3n) is 5.61. The summed E-state index contributed by atoms with van der Waals surface area (Å²) in [7, 11) is 0. The number of hydrogen-bond acceptors (Lipinski definition) is 3. The molecular weight excluding hydrogens is 396 g/mol. The van der Waals surface area contributed by atoms with Crippen molar-refractivity contribution in [1.82, 2.24) is 0 Å². The summed E-state index contributed by atoms with van der Waals surface area (Å²) in [5.41, 5.74) is 3.70. The maximum Gasteiger partial charge on any atom is 0.224 e. The highest BCUT2D eigenvalue weighted by Gasteiger charge is 2.43. The second-order valence-electron chi connectivity index (χ2n) is 8.71. The van der Waals surface area contributed by atoms with Crippen LogP contribution in [0.3, 0.4) is 0 Å². The van der Waals surface area contributed by atoms with E-state index in [0.29, 0.717) is 23.4 Å². The van der Waals surface area contributed by atoms with Crippen LogP contribution in [-0.2, 0) is 9.59 Å². The maximum absolute atomic E-state index is 13.4. The van der Waals surface area contributed by atoms with E-state index in [1.165, 1.54) is 6.92 Å². The fraction of sp³-hybridized carbons (Fsp3) is 0.280. The molecule has 4 nitrogen and oxygen atoms in total. The van der Waals surface area contributed by atoms with Gasteiger partial charge in [-0.1, -0.05) is 67.9 Å². The molecule has 1 aliphatic carbocycles. The van der Waals surface area contributed by atoms with Crippen LogP contribution in [0.2, 0.25) is 0 Å². The quantitative estimate of drug-likeness (QED) is 0.672. The minimum Gasteiger partial charge on any atom is -0.357 e. The predicted octanol–water partition coefficient (Wildman–Crippen LogP) is 5.76. The SMILES string of the molecule is CC(=O)N1c2ccccc2NC2=C(C(=O)CC(C)(C)C2)C1C(Cl)=Cc1ccccc1. The van der Waals surface area contributed by atoms with Crippen LogP contribution in [-0.4, -0.2) is 17.7 Å². The molecule has 4 rings (SSSR count). The Balaban J connectivity index is 1.95. The van der Waals surface area contributed by atoms with Gasteiger partial charge >= 0.3 is 0 Å². The molecule has 1 aliphatic heterocycles. The standard InChI is InChI=1S/C25H25ClN2O2/c1-16(29)28-21-12-8-7-11-19(21)27-20-14-25(2,3)15-22(30)23(20)24(28)18(26)13-17-9-5-4-6-10-17/h4-13,24,27H,14-15H2,1-3H3.